The fourth-order valence-electron chi connectivity index (χ4n) is 2.66. The summed E-state index contributed by atoms with van der Waals surface area (Å²) < 4.78 is 14.3. The minimum Gasteiger partial charge on any atom is -0.478 e. The van der Waals surface area contributed by atoms with Gasteiger partial charge in [0.25, 0.3) is 0 Å². The summed E-state index contributed by atoms with van der Waals surface area (Å²) in [7, 11) is 2.10. The number of rotatable bonds is 4. The molecule has 1 aliphatic heterocycles. The van der Waals surface area contributed by atoms with Gasteiger partial charge in [-0.1, -0.05) is 13.0 Å². The van der Waals surface area contributed by atoms with Gasteiger partial charge < -0.3 is 10.0 Å². The zero-order valence-electron chi connectivity index (χ0n) is 12.4. The number of carbonyl (C=O) groups is 1. The van der Waals surface area contributed by atoms with Crippen molar-refractivity contribution in [2.75, 3.05) is 31.6 Å². The average Bonchev–Trinajstić information content (AvgIpc) is 2.46. The maximum absolute atomic E-state index is 14.3. The zero-order valence-corrected chi connectivity index (χ0v) is 12.4. The topological polar surface area (TPSA) is 43.8 Å². The third kappa shape index (κ3) is 3.82. The Morgan fingerprint density at radius 1 is 1.48 bits per heavy atom. The van der Waals surface area contributed by atoms with Gasteiger partial charge in [0.05, 0.1) is 5.69 Å². The molecular formula is C16H21FN2O2. The molecule has 0 aliphatic carbocycles. The van der Waals surface area contributed by atoms with Gasteiger partial charge in [-0.15, -0.1) is 0 Å². The molecule has 1 aromatic rings. The molecule has 1 aromatic carbocycles. The number of carboxylic acid groups (broad SMARTS) is 1. The number of anilines is 1. The monoisotopic (exact) mass is 292 g/mol. The predicted octanol–water partition coefficient (Wildman–Crippen LogP) is 2.45. The quantitative estimate of drug-likeness (QED) is 0.866. The van der Waals surface area contributed by atoms with Crippen molar-refractivity contribution in [2.24, 2.45) is 0 Å². The fraction of sp³-hybridized carbons (Fsp3) is 0.438. The molecule has 1 unspecified atom stereocenters. The molecule has 0 radical (unpaired) electrons. The summed E-state index contributed by atoms with van der Waals surface area (Å²) in [6.07, 6.45) is 3.44. The summed E-state index contributed by atoms with van der Waals surface area (Å²) in [5, 5.41) is 8.59. The van der Waals surface area contributed by atoms with Crippen molar-refractivity contribution in [1.82, 2.24) is 4.90 Å². The highest BCUT2D eigenvalue weighted by atomic mass is 19.1. The zero-order chi connectivity index (χ0) is 15.4. The minimum absolute atomic E-state index is 0.304. The Morgan fingerprint density at radius 3 is 2.86 bits per heavy atom. The van der Waals surface area contributed by atoms with Crippen LogP contribution < -0.4 is 4.90 Å². The van der Waals surface area contributed by atoms with E-state index in [-0.39, 0.29) is 5.82 Å². The van der Waals surface area contributed by atoms with Gasteiger partial charge in [0.15, 0.2) is 0 Å². The molecular weight excluding hydrogens is 271 g/mol. The number of carboxylic acids is 1. The Labute approximate surface area is 124 Å². The molecule has 21 heavy (non-hydrogen) atoms. The number of halogens is 1. The normalized spacial score (nSPS) is 20.1. The van der Waals surface area contributed by atoms with Gasteiger partial charge >= 0.3 is 5.97 Å². The third-order valence-corrected chi connectivity index (χ3v) is 3.98. The van der Waals surface area contributed by atoms with E-state index in [2.05, 4.69) is 23.8 Å². The van der Waals surface area contributed by atoms with Crippen molar-refractivity contribution in [3.8, 4) is 0 Å². The molecule has 5 heteroatoms. The highest BCUT2D eigenvalue weighted by Gasteiger charge is 2.24. The first-order valence-corrected chi connectivity index (χ1v) is 7.17. The Balaban J connectivity index is 2.15. The van der Waals surface area contributed by atoms with E-state index in [4.69, 9.17) is 5.11 Å². The van der Waals surface area contributed by atoms with Crippen LogP contribution >= 0.6 is 0 Å². The molecule has 4 nitrogen and oxygen atoms in total. The second-order valence-corrected chi connectivity index (χ2v) is 5.37. The summed E-state index contributed by atoms with van der Waals surface area (Å²) in [6.45, 7) is 4.67. The summed E-state index contributed by atoms with van der Waals surface area (Å²) in [5.74, 6) is -1.34. The van der Waals surface area contributed by atoms with Crippen molar-refractivity contribution >= 4 is 17.7 Å². The SMILES string of the molecule is CCC1CN(c2ccc(C=CC(=O)O)cc2F)CCN1C. The van der Waals surface area contributed by atoms with Gasteiger partial charge in [0.1, 0.15) is 5.82 Å². The van der Waals surface area contributed by atoms with E-state index in [1.165, 1.54) is 12.1 Å². The molecule has 1 heterocycles. The first-order valence-electron chi connectivity index (χ1n) is 7.17. The van der Waals surface area contributed by atoms with Crippen LogP contribution in [0.4, 0.5) is 10.1 Å². The van der Waals surface area contributed by atoms with E-state index in [0.29, 0.717) is 17.3 Å². The van der Waals surface area contributed by atoms with Crippen LogP contribution in [-0.2, 0) is 4.79 Å². The number of piperazine rings is 1. The van der Waals surface area contributed by atoms with Gasteiger partial charge in [-0.05, 0) is 37.2 Å². The van der Waals surface area contributed by atoms with E-state index in [1.54, 1.807) is 12.1 Å². The molecule has 0 saturated carbocycles. The van der Waals surface area contributed by atoms with Crippen LogP contribution in [0.5, 0.6) is 0 Å². The highest BCUT2D eigenvalue weighted by Crippen LogP contribution is 2.24. The fourth-order valence-corrected chi connectivity index (χ4v) is 2.66. The number of likely N-dealkylation sites (N-methyl/N-ethyl adjacent to an activating group) is 1. The first kappa shape index (κ1) is 15.5. The van der Waals surface area contributed by atoms with Gasteiger partial charge in [-0.3, -0.25) is 4.90 Å². The maximum Gasteiger partial charge on any atom is 0.328 e. The predicted molar refractivity (Wildman–Crippen MR) is 82.0 cm³/mol. The lowest BCUT2D eigenvalue weighted by Gasteiger charge is -2.40. The van der Waals surface area contributed by atoms with Crippen molar-refractivity contribution < 1.29 is 14.3 Å². The van der Waals surface area contributed by atoms with E-state index >= 15 is 0 Å². The summed E-state index contributed by atoms with van der Waals surface area (Å²) in [4.78, 5) is 14.8. The van der Waals surface area contributed by atoms with E-state index < -0.39 is 5.97 Å². The maximum atomic E-state index is 14.3. The molecule has 1 atom stereocenters. The minimum atomic E-state index is -1.04. The van der Waals surface area contributed by atoms with E-state index in [0.717, 1.165) is 32.1 Å². The summed E-state index contributed by atoms with van der Waals surface area (Å²) >= 11 is 0. The molecule has 0 aromatic heterocycles. The third-order valence-electron chi connectivity index (χ3n) is 3.98. The average molecular weight is 292 g/mol. The van der Waals surface area contributed by atoms with Crippen LogP contribution in [-0.4, -0.2) is 48.7 Å². The molecule has 1 saturated heterocycles. The van der Waals surface area contributed by atoms with Crippen LogP contribution in [0, 0.1) is 5.82 Å². The number of aliphatic carboxylic acids is 1. The molecule has 1 fully saturated rings. The van der Waals surface area contributed by atoms with E-state index in [1.807, 2.05) is 0 Å². The van der Waals surface area contributed by atoms with Gasteiger partial charge in [-0.25, -0.2) is 9.18 Å². The molecule has 0 amide bonds. The van der Waals surface area contributed by atoms with Gasteiger partial charge in [-0.2, -0.15) is 0 Å². The van der Waals surface area contributed by atoms with Crippen LogP contribution in [0.1, 0.15) is 18.9 Å². The second-order valence-electron chi connectivity index (χ2n) is 5.37. The Kier molecular flexibility index (Phi) is 4.96. The van der Waals surface area contributed by atoms with Crippen molar-refractivity contribution in [3.05, 3.63) is 35.7 Å². The lowest BCUT2D eigenvalue weighted by atomic mass is 10.1. The Bertz CT molecular complexity index is 545. The number of hydrogen-bond donors (Lipinski definition) is 1. The van der Waals surface area contributed by atoms with Crippen LogP contribution in [0.15, 0.2) is 24.3 Å². The lowest BCUT2D eigenvalue weighted by Crippen LogP contribution is -2.51. The number of hydrogen-bond acceptors (Lipinski definition) is 3. The standard InChI is InChI=1S/C16H21FN2O2/c1-3-13-11-19(9-8-18(13)2)15-6-4-12(10-14(15)17)5-7-16(20)21/h4-7,10,13H,3,8-9,11H2,1-2H3,(H,20,21). The van der Waals surface area contributed by atoms with E-state index in [9.17, 15) is 9.18 Å². The largest absolute Gasteiger partial charge is 0.478 e. The van der Waals surface area contributed by atoms with Crippen LogP contribution in [0.25, 0.3) is 6.08 Å². The van der Waals surface area contributed by atoms with Crippen molar-refractivity contribution in [2.45, 2.75) is 19.4 Å². The van der Waals surface area contributed by atoms with Crippen molar-refractivity contribution in [1.29, 1.82) is 0 Å². The highest BCUT2D eigenvalue weighted by molar-refractivity contribution is 5.85. The van der Waals surface area contributed by atoms with Gasteiger partial charge in [0, 0.05) is 31.8 Å². The number of nitrogens with zero attached hydrogens (tertiary/aromatic N) is 2. The second kappa shape index (κ2) is 6.72. The molecule has 114 valence electrons. The Hall–Kier alpha value is -1.88. The van der Waals surface area contributed by atoms with Gasteiger partial charge in [0.2, 0.25) is 0 Å². The van der Waals surface area contributed by atoms with Crippen LogP contribution in [0.2, 0.25) is 0 Å². The molecule has 0 spiro atoms. The first-order chi connectivity index (χ1) is 10.0. The molecule has 1 N–H and O–H groups in total. The smallest absolute Gasteiger partial charge is 0.328 e. The summed E-state index contributed by atoms with van der Waals surface area (Å²) in [5.41, 5.74) is 1.15. The molecule has 0 bridgehead atoms. The number of benzene rings is 1. The molecule has 2 rings (SSSR count). The lowest BCUT2D eigenvalue weighted by molar-refractivity contribution is -0.131. The molecule has 1 aliphatic rings. The van der Waals surface area contributed by atoms with Crippen LogP contribution in [0.3, 0.4) is 0 Å². The Morgan fingerprint density at radius 2 is 2.24 bits per heavy atom. The van der Waals surface area contributed by atoms with Crippen molar-refractivity contribution in [3.63, 3.8) is 0 Å². The summed E-state index contributed by atoms with van der Waals surface area (Å²) in [6, 6.07) is 5.30.